The molecule has 1 aromatic rings. The topological polar surface area (TPSA) is 82.8 Å². The molecular formula is C9H13NO4. The normalized spacial score (nSPS) is 14.9. The Bertz CT molecular complexity index is 292. The number of methoxy groups -OCH3 is 1. The van der Waals surface area contributed by atoms with Gasteiger partial charge in [-0.2, -0.15) is 0 Å². The molecule has 1 aromatic heterocycles. The van der Waals surface area contributed by atoms with Crippen LogP contribution in [0.15, 0.2) is 18.5 Å². The van der Waals surface area contributed by atoms with Crippen molar-refractivity contribution in [3.8, 4) is 5.75 Å². The molecule has 0 aliphatic carbocycles. The Morgan fingerprint density at radius 1 is 1.50 bits per heavy atom. The van der Waals surface area contributed by atoms with Gasteiger partial charge in [-0.3, -0.25) is 4.98 Å². The summed E-state index contributed by atoms with van der Waals surface area (Å²) in [5.41, 5.74) is 0.358. The smallest absolute Gasteiger partial charge is 0.127 e. The first kappa shape index (κ1) is 10.9. The van der Waals surface area contributed by atoms with E-state index < -0.39 is 18.8 Å². The number of rotatable bonds is 4. The maximum Gasteiger partial charge on any atom is 0.127 e. The molecule has 14 heavy (non-hydrogen) atoms. The van der Waals surface area contributed by atoms with Gasteiger partial charge in [-0.15, -0.1) is 0 Å². The van der Waals surface area contributed by atoms with Crippen LogP contribution in [0.2, 0.25) is 0 Å². The molecule has 0 aromatic carbocycles. The lowest BCUT2D eigenvalue weighted by molar-refractivity contribution is -0.0163. The third-order valence-electron chi connectivity index (χ3n) is 1.90. The number of pyridine rings is 1. The highest BCUT2D eigenvalue weighted by Crippen LogP contribution is 2.25. The van der Waals surface area contributed by atoms with E-state index in [-0.39, 0.29) is 0 Å². The molecule has 0 amide bonds. The predicted octanol–water partition coefficient (Wildman–Crippen LogP) is -0.523. The molecule has 0 radical (unpaired) electrons. The summed E-state index contributed by atoms with van der Waals surface area (Å²) < 4.78 is 4.97. The van der Waals surface area contributed by atoms with Crippen molar-refractivity contribution in [2.75, 3.05) is 13.7 Å². The van der Waals surface area contributed by atoms with Crippen molar-refractivity contribution in [1.29, 1.82) is 0 Å². The van der Waals surface area contributed by atoms with Crippen LogP contribution in [-0.2, 0) is 0 Å². The summed E-state index contributed by atoms with van der Waals surface area (Å²) in [4.78, 5) is 3.80. The summed E-state index contributed by atoms with van der Waals surface area (Å²) in [5, 5.41) is 27.4. The van der Waals surface area contributed by atoms with Gasteiger partial charge in [-0.25, -0.2) is 0 Å². The highest BCUT2D eigenvalue weighted by atomic mass is 16.5. The standard InChI is InChI=1S/C9H13NO4/c1-14-8-2-3-10-4-6(8)9(13)7(12)5-11/h2-4,7,9,11-13H,5H2,1H3. The maximum atomic E-state index is 9.57. The van der Waals surface area contributed by atoms with E-state index in [0.29, 0.717) is 11.3 Å². The molecule has 0 fully saturated rings. The second kappa shape index (κ2) is 4.90. The number of aliphatic hydroxyl groups is 3. The molecule has 0 saturated heterocycles. The summed E-state index contributed by atoms with van der Waals surface area (Å²) >= 11 is 0. The number of hydrogen-bond acceptors (Lipinski definition) is 5. The Hall–Kier alpha value is -1.17. The van der Waals surface area contributed by atoms with E-state index in [1.165, 1.54) is 19.5 Å². The average molecular weight is 199 g/mol. The summed E-state index contributed by atoms with van der Waals surface area (Å²) in [6.45, 7) is -0.515. The molecule has 0 saturated carbocycles. The second-order valence-electron chi connectivity index (χ2n) is 2.81. The quantitative estimate of drug-likeness (QED) is 0.607. The molecule has 0 bridgehead atoms. The fourth-order valence-corrected chi connectivity index (χ4v) is 1.11. The number of aliphatic hydroxyl groups excluding tert-OH is 3. The first-order valence-corrected chi connectivity index (χ1v) is 4.15. The monoisotopic (exact) mass is 199 g/mol. The van der Waals surface area contributed by atoms with E-state index in [1.54, 1.807) is 6.07 Å². The second-order valence-corrected chi connectivity index (χ2v) is 2.81. The molecule has 1 heterocycles. The van der Waals surface area contributed by atoms with Gasteiger partial charge in [0.1, 0.15) is 18.0 Å². The fraction of sp³-hybridized carbons (Fsp3) is 0.444. The molecule has 0 aliphatic rings. The Labute approximate surface area is 81.6 Å². The summed E-state index contributed by atoms with van der Waals surface area (Å²) in [5.74, 6) is 0.431. The van der Waals surface area contributed by atoms with Crippen LogP contribution in [0, 0.1) is 0 Å². The highest BCUT2D eigenvalue weighted by molar-refractivity contribution is 5.32. The minimum absolute atomic E-state index is 0.358. The van der Waals surface area contributed by atoms with Crippen molar-refractivity contribution in [2.24, 2.45) is 0 Å². The van der Waals surface area contributed by atoms with Crippen LogP contribution in [0.25, 0.3) is 0 Å². The predicted molar refractivity (Wildman–Crippen MR) is 48.8 cm³/mol. The van der Waals surface area contributed by atoms with Crippen LogP contribution >= 0.6 is 0 Å². The van der Waals surface area contributed by atoms with Crippen molar-refractivity contribution in [2.45, 2.75) is 12.2 Å². The van der Waals surface area contributed by atoms with Crippen molar-refractivity contribution in [3.63, 3.8) is 0 Å². The van der Waals surface area contributed by atoms with E-state index in [1.807, 2.05) is 0 Å². The van der Waals surface area contributed by atoms with Gasteiger partial charge in [0.2, 0.25) is 0 Å². The zero-order valence-corrected chi connectivity index (χ0v) is 7.79. The molecule has 78 valence electrons. The van der Waals surface area contributed by atoms with Crippen LogP contribution < -0.4 is 4.74 Å². The van der Waals surface area contributed by atoms with E-state index in [2.05, 4.69) is 4.98 Å². The molecule has 5 heteroatoms. The van der Waals surface area contributed by atoms with Gasteiger partial charge in [-0.1, -0.05) is 0 Å². The summed E-state index contributed by atoms with van der Waals surface area (Å²) in [6, 6.07) is 1.57. The van der Waals surface area contributed by atoms with Crippen LogP contribution in [-0.4, -0.2) is 40.1 Å². The summed E-state index contributed by atoms with van der Waals surface area (Å²) in [7, 11) is 1.46. The number of hydrogen-bond donors (Lipinski definition) is 3. The minimum atomic E-state index is -1.23. The average Bonchev–Trinajstić information content (AvgIpc) is 2.26. The molecule has 1 rings (SSSR count). The number of aromatic nitrogens is 1. The highest BCUT2D eigenvalue weighted by Gasteiger charge is 2.20. The van der Waals surface area contributed by atoms with Gasteiger partial charge < -0.3 is 20.1 Å². The van der Waals surface area contributed by atoms with E-state index in [9.17, 15) is 10.2 Å². The number of ether oxygens (including phenoxy) is 1. The molecular weight excluding hydrogens is 186 g/mol. The zero-order valence-electron chi connectivity index (χ0n) is 7.79. The lowest BCUT2D eigenvalue weighted by atomic mass is 10.1. The molecule has 2 unspecified atom stereocenters. The van der Waals surface area contributed by atoms with Gasteiger partial charge in [0.15, 0.2) is 0 Å². The molecule has 3 N–H and O–H groups in total. The first-order valence-electron chi connectivity index (χ1n) is 4.15. The fourth-order valence-electron chi connectivity index (χ4n) is 1.11. The molecule has 0 aliphatic heterocycles. The number of nitrogens with zero attached hydrogens (tertiary/aromatic N) is 1. The van der Waals surface area contributed by atoms with Gasteiger partial charge >= 0.3 is 0 Å². The first-order chi connectivity index (χ1) is 6.70. The van der Waals surface area contributed by atoms with Crippen LogP contribution in [0.1, 0.15) is 11.7 Å². The van der Waals surface area contributed by atoms with Gasteiger partial charge in [0.25, 0.3) is 0 Å². The third kappa shape index (κ3) is 2.20. The van der Waals surface area contributed by atoms with Crippen molar-refractivity contribution in [1.82, 2.24) is 4.98 Å². The van der Waals surface area contributed by atoms with Crippen molar-refractivity contribution >= 4 is 0 Å². The SMILES string of the molecule is COc1ccncc1C(O)C(O)CO. The zero-order chi connectivity index (χ0) is 10.6. The Kier molecular flexibility index (Phi) is 3.82. The molecule has 0 spiro atoms. The largest absolute Gasteiger partial charge is 0.496 e. The Morgan fingerprint density at radius 3 is 2.79 bits per heavy atom. The molecule has 2 atom stereocenters. The van der Waals surface area contributed by atoms with Crippen LogP contribution in [0.5, 0.6) is 5.75 Å². The maximum absolute atomic E-state index is 9.57. The van der Waals surface area contributed by atoms with E-state index in [4.69, 9.17) is 9.84 Å². The van der Waals surface area contributed by atoms with E-state index >= 15 is 0 Å². The van der Waals surface area contributed by atoms with E-state index in [0.717, 1.165) is 0 Å². The van der Waals surface area contributed by atoms with Crippen LogP contribution in [0.4, 0.5) is 0 Å². The van der Waals surface area contributed by atoms with Gasteiger partial charge in [-0.05, 0) is 6.07 Å². The summed E-state index contributed by atoms with van der Waals surface area (Å²) in [6.07, 6.45) is 0.486. The lowest BCUT2D eigenvalue weighted by Crippen LogP contribution is -2.22. The van der Waals surface area contributed by atoms with Crippen molar-refractivity contribution in [3.05, 3.63) is 24.0 Å². The van der Waals surface area contributed by atoms with Crippen molar-refractivity contribution < 1.29 is 20.1 Å². The Morgan fingerprint density at radius 2 is 2.21 bits per heavy atom. The van der Waals surface area contributed by atoms with Gasteiger partial charge in [0.05, 0.1) is 13.7 Å². The molecule has 5 nitrogen and oxygen atoms in total. The van der Waals surface area contributed by atoms with Crippen LogP contribution in [0.3, 0.4) is 0 Å². The minimum Gasteiger partial charge on any atom is -0.496 e. The third-order valence-corrected chi connectivity index (χ3v) is 1.90. The lowest BCUT2D eigenvalue weighted by Gasteiger charge is -2.17. The Balaban J connectivity index is 2.93. The van der Waals surface area contributed by atoms with Gasteiger partial charge in [0, 0.05) is 18.0 Å².